The average Bonchev–Trinajstić information content (AvgIpc) is 3.05. The van der Waals surface area contributed by atoms with Gasteiger partial charge in [0.25, 0.3) is 0 Å². The van der Waals surface area contributed by atoms with Gasteiger partial charge in [-0.3, -0.25) is 9.59 Å². The summed E-state index contributed by atoms with van der Waals surface area (Å²) >= 11 is 0. The lowest BCUT2D eigenvalue weighted by atomic mass is 9.70. The normalized spacial score (nSPS) is 29.8. The number of aryl methyl sites for hydroxylation is 1. The van der Waals surface area contributed by atoms with Crippen molar-refractivity contribution in [3.63, 3.8) is 0 Å². The van der Waals surface area contributed by atoms with Crippen LogP contribution in [0.3, 0.4) is 0 Å². The quantitative estimate of drug-likeness (QED) is 0.610. The largest absolute Gasteiger partial charge is 0.350 e. The molecule has 1 heterocycles. The minimum Gasteiger partial charge on any atom is -0.350 e. The number of hydrogen-bond donors (Lipinski definition) is 0. The van der Waals surface area contributed by atoms with Crippen LogP contribution < -0.4 is 0 Å². The summed E-state index contributed by atoms with van der Waals surface area (Å²) in [5, 5.41) is 0.947. The molecule has 1 aromatic heterocycles. The number of fused-ring (bicyclic) bond motifs is 3. The molecule has 4 rings (SSSR count). The second-order valence-corrected chi connectivity index (χ2v) is 8.11. The van der Waals surface area contributed by atoms with E-state index in [0.29, 0.717) is 5.56 Å². The molecule has 24 heavy (non-hydrogen) atoms. The predicted octanol–water partition coefficient (Wildman–Crippen LogP) is 4.31. The summed E-state index contributed by atoms with van der Waals surface area (Å²) in [6.45, 7) is 6.41. The van der Waals surface area contributed by atoms with Crippen molar-refractivity contribution in [2.24, 2.45) is 23.8 Å². The zero-order chi connectivity index (χ0) is 17.3. The van der Waals surface area contributed by atoms with Gasteiger partial charge in [0.15, 0.2) is 11.6 Å². The van der Waals surface area contributed by atoms with E-state index in [1.807, 2.05) is 42.1 Å². The highest BCUT2D eigenvalue weighted by molar-refractivity contribution is 6.17. The molecular weight excluding hydrogens is 298 g/mol. The van der Waals surface area contributed by atoms with E-state index in [2.05, 4.69) is 20.8 Å². The van der Waals surface area contributed by atoms with Crippen molar-refractivity contribution in [3.8, 4) is 0 Å². The van der Waals surface area contributed by atoms with Crippen LogP contribution in [0.4, 0.5) is 0 Å². The number of ketones is 2. The standard InChI is InChI=1S/C21H23NO2/c1-20(2)16-9-10-21(20,3)19(24)14(16)11-18(23)15-12-22(4)17-8-6-5-7-13(15)17/h5-8,11-12,16H,9-10H2,1-4H3/b14-11-. The average molecular weight is 321 g/mol. The number of nitrogens with zero attached hydrogens (tertiary/aromatic N) is 1. The van der Waals surface area contributed by atoms with Gasteiger partial charge in [-0.05, 0) is 36.3 Å². The molecule has 0 radical (unpaired) electrons. The summed E-state index contributed by atoms with van der Waals surface area (Å²) in [7, 11) is 1.94. The molecule has 3 heteroatoms. The third-order valence-electron chi connectivity index (χ3n) is 6.81. The number of carbonyl (C=O) groups excluding carboxylic acids is 2. The Labute approximate surface area is 142 Å². The number of para-hydroxylation sites is 1. The number of aromatic nitrogens is 1. The molecule has 2 fully saturated rings. The second kappa shape index (κ2) is 4.69. The molecule has 2 saturated carbocycles. The first-order valence-corrected chi connectivity index (χ1v) is 8.62. The van der Waals surface area contributed by atoms with Crippen molar-refractivity contribution in [1.29, 1.82) is 0 Å². The van der Waals surface area contributed by atoms with Gasteiger partial charge in [-0.1, -0.05) is 39.0 Å². The van der Waals surface area contributed by atoms with Gasteiger partial charge in [0, 0.05) is 40.7 Å². The zero-order valence-corrected chi connectivity index (χ0v) is 14.7. The fourth-order valence-corrected chi connectivity index (χ4v) is 4.85. The Morgan fingerprint density at radius 2 is 1.96 bits per heavy atom. The molecule has 2 atom stereocenters. The smallest absolute Gasteiger partial charge is 0.188 e. The molecule has 0 amide bonds. The fourth-order valence-electron chi connectivity index (χ4n) is 4.85. The zero-order valence-electron chi connectivity index (χ0n) is 14.7. The maximum absolute atomic E-state index is 12.9. The van der Waals surface area contributed by atoms with Crippen LogP contribution in [-0.2, 0) is 11.8 Å². The number of rotatable bonds is 2. The fraction of sp³-hybridized carbons (Fsp3) is 0.429. The highest BCUT2D eigenvalue weighted by Gasteiger charge is 2.64. The van der Waals surface area contributed by atoms with Crippen LogP contribution in [-0.4, -0.2) is 16.1 Å². The topological polar surface area (TPSA) is 39.1 Å². The molecule has 2 aliphatic rings. The van der Waals surface area contributed by atoms with Crippen molar-refractivity contribution in [3.05, 3.63) is 47.7 Å². The molecule has 0 aliphatic heterocycles. The Balaban J connectivity index is 1.79. The van der Waals surface area contributed by atoms with Crippen LogP contribution in [0.1, 0.15) is 44.0 Å². The number of benzene rings is 1. The SMILES string of the molecule is Cn1cc(C(=O)/C=C2\C(=O)C3(C)CCC2C3(C)C)c2ccccc21. The summed E-state index contributed by atoms with van der Waals surface area (Å²) < 4.78 is 1.97. The number of hydrogen-bond acceptors (Lipinski definition) is 2. The summed E-state index contributed by atoms with van der Waals surface area (Å²) in [6, 6.07) is 7.89. The van der Waals surface area contributed by atoms with Crippen LogP contribution in [0.15, 0.2) is 42.1 Å². The van der Waals surface area contributed by atoms with Crippen LogP contribution >= 0.6 is 0 Å². The van der Waals surface area contributed by atoms with Gasteiger partial charge in [-0.25, -0.2) is 0 Å². The van der Waals surface area contributed by atoms with Crippen LogP contribution in [0.2, 0.25) is 0 Å². The molecule has 1 aromatic carbocycles. The third-order valence-corrected chi connectivity index (χ3v) is 6.81. The van der Waals surface area contributed by atoms with Gasteiger partial charge in [-0.15, -0.1) is 0 Å². The lowest BCUT2D eigenvalue weighted by molar-refractivity contribution is -0.125. The molecule has 124 valence electrons. The van der Waals surface area contributed by atoms with Crippen molar-refractivity contribution >= 4 is 22.5 Å². The Morgan fingerprint density at radius 1 is 1.25 bits per heavy atom. The lowest BCUT2D eigenvalue weighted by Gasteiger charge is -2.31. The first-order valence-electron chi connectivity index (χ1n) is 8.62. The number of allylic oxidation sites excluding steroid dienone is 2. The molecule has 0 saturated heterocycles. The molecule has 2 bridgehead atoms. The van der Waals surface area contributed by atoms with Crippen molar-refractivity contribution in [1.82, 2.24) is 4.57 Å². The first kappa shape index (κ1) is 15.4. The van der Waals surface area contributed by atoms with Gasteiger partial charge in [0.2, 0.25) is 0 Å². The maximum atomic E-state index is 12.9. The van der Waals surface area contributed by atoms with Crippen LogP contribution in [0.25, 0.3) is 10.9 Å². The Kier molecular flexibility index (Phi) is 3.00. The Hall–Kier alpha value is -2.16. The van der Waals surface area contributed by atoms with Crippen molar-refractivity contribution in [2.75, 3.05) is 0 Å². The van der Waals surface area contributed by atoms with Gasteiger partial charge >= 0.3 is 0 Å². The van der Waals surface area contributed by atoms with Crippen LogP contribution in [0.5, 0.6) is 0 Å². The minimum absolute atomic E-state index is 0.0536. The molecule has 2 unspecified atom stereocenters. The van der Waals surface area contributed by atoms with Crippen molar-refractivity contribution < 1.29 is 9.59 Å². The molecular formula is C21H23NO2. The van der Waals surface area contributed by atoms with E-state index in [0.717, 1.165) is 29.3 Å². The summed E-state index contributed by atoms with van der Waals surface area (Å²) in [6.07, 6.45) is 5.43. The molecule has 2 aliphatic carbocycles. The first-order chi connectivity index (χ1) is 11.3. The Morgan fingerprint density at radius 3 is 2.62 bits per heavy atom. The van der Waals surface area contributed by atoms with E-state index >= 15 is 0 Å². The van der Waals surface area contributed by atoms with E-state index in [9.17, 15) is 9.59 Å². The maximum Gasteiger partial charge on any atom is 0.188 e. The van der Waals surface area contributed by atoms with E-state index in [1.54, 1.807) is 6.08 Å². The summed E-state index contributed by atoms with van der Waals surface area (Å²) in [5.74, 6) is 0.327. The monoisotopic (exact) mass is 321 g/mol. The predicted molar refractivity (Wildman–Crippen MR) is 95.0 cm³/mol. The highest BCUT2D eigenvalue weighted by atomic mass is 16.1. The van der Waals surface area contributed by atoms with E-state index in [1.165, 1.54) is 0 Å². The molecule has 0 N–H and O–H groups in total. The number of carbonyl (C=O) groups is 2. The van der Waals surface area contributed by atoms with E-state index in [4.69, 9.17) is 0 Å². The van der Waals surface area contributed by atoms with Gasteiger partial charge in [-0.2, -0.15) is 0 Å². The summed E-state index contributed by atoms with van der Waals surface area (Å²) in [4.78, 5) is 25.8. The van der Waals surface area contributed by atoms with Crippen molar-refractivity contribution in [2.45, 2.75) is 33.6 Å². The number of Topliss-reactive ketones (excluding diaryl/α,β-unsaturated/α-hetero) is 1. The van der Waals surface area contributed by atoms with Gasteiger partial charge < -0.3 is 4.57 Å². The van der Waals surface area contributed by atoms with Crippen LogP contribution in [0, 0.1) is 16.7 Å². The third kappa shape index (κ3) is 1.73. The lowest BCUT2D eigenvalue weighted by Crippen LogP contribution is -2.32. The molecule has 0 spiro atoms. The van der Waals surface area contributed by atoms with Gasteiger partial charge in [0.05, 0.1) is 0 Å². The molecule has 2 aromatic rings. The van der Waals surface area contributed by atoms with E-state index in [-0.39, 0.29) is 28.3 Å². The Bertz CT molecular complexity index is 915. The summed E-state index contributed by atoms with van der Waals surface area (Å²) in [5.41, 5.74) is 2.08. The second-order valence-electron chi connectivity index (χ2n) is 8.11. The highest BCUT2D eigenvalue weighted by Crippen LogP contribution is 2.65. The van der Waals surface area contributed by atoms with Gasteiger partial charge in [0.1, 0.15) is 0 Å². The minimum atomic E-state index is -0.317. The van der Waals surface area contributed by atoms with E-state index < -0.39 is 0 Å². The molecule has 3 nitrogen and oxygen atoms in total.